The van der Waals surface area contributed by atoms with Gasteiger partial charge in [-0.3, -0.25) is 14.5 Å². The van der Waals surface area contributed by atoms with Gasteiger partial charge in [0.05, 0.1) is 0 Å². The Bertz CT molecular complexity index is 712. The van der Waals surface area contributed by atoms with Crippen molar-refractivity contribution >= 4 is 18.1 Å². The molecule has 118 valence electrons. The number of hydrogen-bond acceptors (Lipinski definition) is 3. The Balaban J connectivity index is 2.25. The molecule has 5 nitrogen and oxygen atoms in total. The molecule has 1 amide bonds. The third-order valence-electron chi connectivity index (χ3n) is 3.73. The molecule has 0 saturated heterocycles. The summed E-state index contributed by atoms with van der Waals surface area (Å²) in [7, 11) is 0. The Kier molecular flexibility index (Phi) is 4.81. The number of aromatic amines is 1. The second-order valence-electron chi connectivity index (χ2n) is 6.09. The summed E-state index contributed by atoms with van der Waals surface area (Å²) < 4.78 is 2.17. The molecule has 2 N–H and O–H groups in total. The van der Waals surface area contributed by atoms with Crippen molar-refractivity contribution < 1.29 is 4.79 Å². The summed E-state index contributed by atoms with van der Waals surface area (Å²) in [5, 5.41) is 10.0. The van der Waals surface area contributed by atoms with Crippen LogP contribution in [0.15, 0.2) is 24.3 Å². The van der Waals surface area contributed by atoms with E-state index in [4.69, 9.17) is 12.2 Å². The van der Waals surface area contributed by atoms with Crippen molar-refractivity contribution in [1.82, 2.24) is 20.1 Å². The molecule has 0 aliphatic rings. The Labute approximate surface area is 135 Å². The molecule has 1 heterocycles. The number of carbonyl (C=O) groups excluding carboxylic acids is 1. The summed E-state index contributed by atoms with van der Waals surface area (Å²) in [6.45, 7) is 8.23. The molecule has 0 unspecified atom stereocenters. The van der Waals surface area contributed by atoms with Crippen LogP contribution in [0.1, 0.15) is 32.8 Å². The van der Waals surface area contributed by atoms with Crippen LogP contribution in [0.3, 0.4) is 0 Å². The number of amides is 1. The van der Waals surface area contributed by atoms with Crippen LogP contribution in [-0.2, 0) is 11.3 Å². The molecule has 0 bridgehead atoms. The average molecular weight is 318 g/mol. The van der Waals surface area contributed by atoms with E-state index in [0.717, 1.165) is 12.0 Å². The Morgan fingerprint density at radius 1 is 1.36 bits per heavy atom. The van der Waals surface area contributed by atoms with E-state index in [1.54, 1.807) is 4.57 Å². The molecule has 0 aliphatic carbocycles. The molecule has 0 fully saturated rings. The Morgan fingerprint density at radius 3 is 2.59 bits per heavy atom. The molecule has 22 heavy (non-hydrogen) atoms. The van der Waals surface area contributed by atoms with E-state index in [-0.39, 0.29) is 18.0 Å². The van der Waals surface area contributed by atoms with Gasteiger partial charge in [0.15, 0.2) is 10.6 Å². The van der Waals surface area contributed by atoms with Gasteiger partial charge in [-0.05, 0) is 39.4 Å². The number of aryl methyl sites for hydroxylation is 1. The second-order valence-corrected chi connectivity index (χ2v) is 6.48. The Hall–Kier alpha value is -1.95. The van der Waals surface area contributed by atoms with Crippen LogP contribution in [0.25, 0.3) is 11.4 Å². The number of nitrogens with zero attached hydrogens (tertiary/aromatic N) is 2. The summed E-state index contributed by atoms with van der Waals surface area (Å²) in [6, 6.07) is 7.98. The number of carbonyl (C=O) groups is 1. The highest BCUT2D eigenvalue weighted by molar-refractivity contribution is 7.71. The highest BCUT2D eigenvalue weighted by Crippen LogP contribution is 2.18. The lowest BCUT2D eigenvalue weighted by molar-refractivity contribution is -0.123. The van der Waals surface area contributed by atoms with Gasteiger partial charge in [-0.25, -0.2) is 0 Å². The smallest absolute Gasteiger partial charge is 0.240 e. The minimum Gasteiger partial charge on any atom is -0.350 e. The lowest BCUT2D eigenvalue weighted by Gasteiger charge is -2.24. The van der Waals surface area contributed by atoms with Gasteiger partial charge < -0.3 is 5.32 Å². The van der Waals surface area contributed by atoms with Crippen LogP contribution < -0.4 is 5.32 Å². The number of nitrogens with one attached hydrogen (secondary N) is 2. The maximum atomic E-state index is 12.3. The van der Waals surface area contributed by atoms with Crippen molar-refractivity contribution in [2.45, 2.75) is 46.2 Å². The molecule has 0 atom stereocenters. The predicted molar refractivity (Wildman–Crippen MR) is 90.1 cm³/mol. The summed E-state index contributed by atoms with van der Waals surface area (Å²) in [5.41, 5.74) is 1.87. The average Bonchev–Trinajstić information content (AvgIpc) is 2.81. The molecule has 0 aliphatic heterocycles. The summed E-state index contributed by atoms with van der Waals surface area (Å²) >= 11 is 5.25. The van der Waals surface area contributed by atoms with Gasteiger partial charge in [-0.2, -0.15) is 5.10 Å². The first-order chi connectivity index (χ1) is 10.3. The van der Waals surface area contributed by atoms with E-state index >= 15 is 0 Å². The van der Waals surface area contributed by atoms with Gasteiger partial charge >= 0.3 is 0 Å². The monoisotopic (exact) mass is 318 g/mol. The van der Waals surface area contributed by atoms with Crippen molar-refractivity contribution in [3.8, 4) is 11.4 Å². The van der Waals surface area contributed by atoms with Gasteiger partial charge in [0.2, 0.25) is 5.91 Å². The molecule has 6 heteroatoms. The van der Waals surface area contributed by atoms with E-state index in [0.29, 0.717) is 10.6 Å². The third-order valence-corrected chi connectivity index (χ3v) is 4.04. The summed E-state index contributed by atoms with van der Waals surface area (Å²) in [4.78, 5) is 12.3. The van der Waals surface area contributed by atoms with Crippen LogP contribution in [0.2, 0.25) is 0 Å². The Morgan fingerprint density at radius 2 is 2.00 bits per heavy atom. The van der Waals surface area contributed by atoms with Crippen molar-refractivity contribution in [3.05, 3.63) is 34.6 Å². The largest absolute Gasteiger partial charge is 0.350 e. The topological polar surface area (TPSA) is 62.7 Å². The quantitative estimate of drug-likeness (QED) is 0.832. The van der Waals surface area contributed by atoms with E-state index in [1.165, 1.54) is 5.56 Å². The zero-order valence-corrected chi connectivity index (χ0v) is 14.3. The van der Waals surface area contributed by atoms with Gasteiger partial charge in [0.25, 0.3) is 0 Å². The molecule has 2 aromatic rings. The lowest BCUT2D eigenvalue weighted by Crippen LogP contribution is -2.44. The SMILES string of the molecule is CCC(C)(C)NC(=O)Cn1c(-c2ccc(C)cc2)n[nH]c1=S. The zero-order chi connectivity index (χ0) is 16.3. The van der Waals surface area contributed by atoms with Crippen molar-refractivity contribution in [2.24, 2.45) is 0 Å². The van der Waals surface area contributed by atoms with Crippen molar-refractivity contribution in [1.29, 1.82) is 0 Å². The first-order valence-corrected chi connectivity index (χ1v) is 7.76. The summed E-state index contributed by atoms with van der Waals surface area (Å²) in [6.07, 6.45) is 0.861. The number of benzene rings is 1. The molecular weight excluding hydrogens is 296 g/mol. The number of H-pyrrole nitrogens is 1. The maximum absolute atomic E-state index is 12.3. The molecule has 0 saturated carbocycles. The standard InChI is InChI=1S/C16H22N4OS/c1-5-16(3,4)17-13(21)10-20-14(18-19-15(20)22)12-8-6-11(2)7-9-12/h6-9H,5,10H2,1-4H3,(H,17,21)(H,19,22). The van der Waals surface area contributed by atoms with E-state index < -0.39 is 0 Å². The lowest BCUT2D eigenvalue weighted by atomic mass is 10.0. The fraction of sp³-hybridized carbons (Fsp3) is 0.438. The first kappa shape index (κ1) is 16.4. The van der Waals surface area contributed by atoms with Crippen LogP contribution >= 0.6 is 12.2 Å². The van der Waals surface area contributed by atoms with Gasteiger partial charge in [-0.15, -0.1) is 0 Å². The molecule has 2 rings (SSSR count). The zero-order valence-electron chi connectivity index (χ0n) is 13.4. The number of rotatable bonds is 5. The van der Waals surface area contributed by atoms with Crippen LogP contribution in [0, 0.1) is 11.7 Å². The highest BCUT2D eigenvalue weighted by atomic mass is 32.1. The minimum absolute atomic E-state index is 0.0716. The number of aromatic nitrogens is 3. The van der Waals surface area contributed by atoms with Crippen molar-refractivity contribution in [3.63, 3.8) is 0 Å². The van der Waals surface area contributed by atoms with E-state index in [9.17, 15) is 4.79 Å². The predicted octanol–water partition coefficient (Wildman–Crippen LogP) is 3.22. The van der Waals surface area contributed by atoms with Crippen LogP contribution in [0.5, 0.6) is 0 Å². The van der Waals surface area contributed by atoms with Crippen LogP contribution in [0.4, 0.5) is 0 Å². The van der Waals surface area contributed by atoms with Crippen molar-refractivity contribution in [2.75, 3.05) is 0 Å². The highest BCUT2D eigenvalue weighted by Gasteiger charge is 2.19. The molecule has 1 aromatic carbocycles. The minimum atomic E-state index is -0.229. The van der Waals surface area contributed by atoms with Gasteiger partial charge in [0.1, 0.15) is 6.54 Å². The second kappa shape index (κ2) is 6.44. The third kappa shape index (κ3) is 3.82. The maximum Gasteiger partial charge on any atom is 0.240 e. The fourth-order valence-electron chi connectivity index (χ4n) is 2.04. The fourth-order valence-corrected chi connectivity index (χ4v) is 2.23. The normalized spacial score (nSPS) is 11.5. The molecule has 0 radical (unpaired) electrons. The van der Waals surface area contributed by atoms with Gasteiger partial charge in [0, 0.05) is 11.1 Å². The van der Waals surface area contributed by atoms with Crippen LogP contribution in [-0.4, -0.2) is 26.2 Å². The van der Waals surface area contributed by atoms with E-state index in [2.05, 4.69) is 15.5 Å². The van der Waals surface area contributed by atoms with Gasteiger partial charge in [-0.1, -0.05) is 36.8 Å². The van der Waals surface area contributed by atoms with E-state index in [1.807, 2.05) is 52.0 Å². The summed E-state index contributed by atoms with van der Waals surface area (Å²) in [5.74, 6) is 0.604. The first-order valence-electron chi connectivity index (χ1n) is 7.35. The number of hydrogen-bond donors (Lipinski definition) is 2. The molecule has 0 spiro atoms. The molecule has 1 aromatic heterocycles. The molecular formula is C16H22N4OS.